The van der Waals surface area contributed by atoms with Gasteiger partial charge in [0.1, 0.15) is 5.82 Å². The third-order valence-corrected chi connectivity index (χ3v) is 2.90. The average molecular weight is 308 g/mol. The summed E-state index contributed by atoms with van der Waals surface area (Å²) in [6, 6.07) is 9.71. The Morgan fingerprint density at radius 1 is 1.22 bits per heavy atom. The van der Waals surface area contributed by atoms with Crippen molar-refractivity contribution in [1.29, 1.82) is 0 Å². The number of nitrogens with one attached hydrogen (secondary N) is 1. The molecule has 0 spiro atoms. The van der Waals surface area contributed by atoms with E-state index in [2.05, 4.69) is 31.2 Å². The van der Waals surface area contributed by atoms with Crippen LogP contribution in [0.1, 0.15) is 5.69 Å². The number of aliphatic hydroxyl groups is 1. The minimum atomic E-state index is 0.0800. The number of aryl methyl sites for hydroxylation is 1. The largest absolute Gasteiger partial charge is 0.395 e. The Hall–Kier alpha value is -1.46. The SMILES string of the molecule is Cc1cc(NCCO)nc(-c2ccc(Br)cc2)n1. The van der Waals surface area contributed by atoms with Crippen LogP contribution in [0, 0.1) is 6.92 Å². The first-order valence-corrected chi connectivity index (χ1v) is 6.44. The molecule has 4 nitrogen and oxygen atoms in total. The molecule has 0 bridgehead atoms. The van der Waals surface area contributed by atoms with E-state index in [1.807, 2.05) is 37.3 Å². The van der Waals surface area contributed by atoms with E-state index in [4.69, 9.17) is 5.11 Å². The van der Waals surface area contributed by atoms with Gasteiger partial charge in [0.05, 0.1) is 6.61 Å². The summed E-state index contributed by atoms with van der Waals surface area (Å²) in [6.45, 7) is 2.49. The van der Waals surface area contributed by atoms with Crippen molar-refractivity contribution < 1.29 is 5.11 Å². The van der Waals surface area contributed by atoms with Crippen LogP contribution >= 0.6 is 15.9 Å². The molecule has 0 radical (unpaired) electrons. The Bertz CT molecular complexity index is 528. The van der Waals surface area contributed by atoms with Crippen LogP contribution in [-0.2, 0) is 0 Å². The molecule has 2 rings (SSSR count). The molecule has 5 heteroatoms. The van der Waals surface area contributed by atoms with E-state index >= 15 is 0 Å². The molecule has 18 heavy (non-hydrogen) atoms. The highest BCUT2D eigenvalue weighted by molar-refractivity contribution is 9.10. The summed E-state index contributed by atoms with van der Waals surface area (Å²) in [7, 11) is 0. The predicted octanol–water partition coefficient (Wildman–Crippen LogP) is 2.62. The molecule has 1 aromatic heterocycles. The monoisotopic (exact) mass is 307 g/mol. The Labute approximate surface area is 114 Å². The molecule has 0 saturated carbocycles. The number of nitrogens with zero attached hydrogens (tertiary/aromatic N) is 2. The molecule has 0 aliphatic heterocycles. The van der Waals surface area contributed by atoms with Gasteiger partial charge in [0, 0.05) is 28.3 Å². The second-order valence-corrected chi connectivity index (χ2v) is 4.79. The maximum atomic E-state index is 8.80. The second kappa shape index (κ2) is 5.93. The number of anilines is 1. The molecule has 0 unspecified atom stereocenters. The number of aromatic nitrogens is 2. The van der Waals surface area contributed by atoms with Crippen LogP contribution < -0.4 is 5.32 Å². The molecule has 1 aromatic carbocycles. The lowest BCUT2D eigenvalue weighted by atomic mass is 10.2. The molecule has 2 aromatic rings. The van der Waals surface area contributed by atoms with E-state index in [1.54, 1.807) is 0 Å². The van der Waals surface area contributed by atoms with E-state index in [0.29, 0.717) is 12.4 Å². The van der Waals surface area contributed by atoms with Gasteiger partial charge in [0.15, 0.2) is 5.82 Å². The Morgan fingerprint density at radius 3 is 2.61 bits per heavy atom. The van der Waals surface area contributed by atoms with Gasteiger partial charge < -0.3 is 10.4 Å². The maximum absolute atomic E-state index is 8.80. The highest BCUT2D eigenvalue weighted by Crippen LogP contribution is 2.20. The summed E-state index contributed by atoms with van der Waals surface area (Å²) in [5.41, 5.74) is 1.86. The minimum Gasteiger partial charge on any atom is -0.395 e. The number of hydrogen-bond acceptors (Lipinski definition) is 4. The number of halogens is 1. The van der Waals surface area contributed by atoms with Crippen molar-refractivity contribution in [3.8, 4) is 11.4 Å². The van der Waals surface area contributed by atoms with Crippen LogP contribution in [0.15, 0.2) is 34.8 Å². The van der Waals surface area contributed by atoms with E-state index < -0.39 is 0 Å². The molecule has 0 amide bonds. The standard InChI is InChI=1S/C13H14BrN3O/c1-9-8-12(15-6-7-18)17-13(16-9)10-2-4-11(14)5-3-10/h2-5,8,18H,6-7H2,1H3,(H,15,16,17). The lowest BCUT2D eigenvalue weighted by Gasteiger charge is -2.07. The summed E-state index contributed by atoms with van der Waals surface area (Å²) in [5, 5.41) is 11.8. The van der Waals surface area contributed by atoms with Gasteiger partial charge in [-0.1, -0.05) is 28.1 Å². The Balaban J connectivity index is 2.32. The van der Waals surface area contributed by atoms with Crippen LogP contribution in [0.5, 0.6) is 0 Å². The lowest BCUT2D eigenvalue weighted by Crippen LogP contribution is -2.08. The van der Waals surface area contributed by atoms with Gasteiger partial charge >= 0.3 is 0 Å². The highest BCUT2D eigenvalue weighted by Gasteiger charge is 2.04. The quantitative estimate of drug-likeness (QED) is 0.911. The zero-order valence-corrected chi connectivity index (χ0v) is 11.6. The fourth-order valence-corrected chi connectivity index (χ4v) is 1.84. The van der Waals surface area contributed by atoms with Crippen molar-refractivity contribution in [3.05, 3.63) is 40.5 Å². The average Bonchev–Trinajstić information content (AvgIpc) is 2.36. The van der Waals surface area contributed by atoms with Crippen molar-refractivity contribution >= 4 is 21.7 Å². The van der Waals surface area contributed by atoms with E-state index in [1.165, 1.54) is 0 Å². The molecule has 2 N–H and O–H groups in total. The first-order chi connectivity index (χ1) is 8.69. The van der Waals surface area contributed by atoms with Gasteiger partial charge in [-0.25, -0.2) is 9.97 Å². The summed E-state index contributed by atoms with van der Waals surface area (Å²) in [6.07, 6.45) is 0. The van der Waals surface area contributed by atoms with Gasteiger partial charge in [-0.15, -0.1) is 0 Å². The van der Waals surface area contributed by atoms with Gasteiger partial charge in [0.2, 0.25) is 0 Å². The molecule has 94 valence electrons. The van der Waals surface area contributed by atoms with Crippen molar-refractivity contribution in [2.45, 2.75) is 6.92 Å². The third-order valence-electron chi connectivity index (χ3n) is 2.37. The summed E-state index contributed by atoms with van der Waals surface area (Å²) < 4.78 is 1.03. The van der Waals surface area contributed by atoms with E-state index in [0.717, 1.165) is 21.5 Å². The molecule has 0 atom stereocenters. The van der Waals surface area contributed by atoms with Gasteiger partial charge in [-0.05, 0) is 19.1 Å². The predicted molar refractivity (Wildman–Crippen MR) is 75.5 cm³/mol. The molecule has 0 aliphatic carbocycles. The summed E-state index contributed by atoms with van der Waals surface area (Å²) >= 11 is 3.40. The van der Waals surface area contributed by atoms with Crippen molar-refractivity contribution in [2.75, 3.05) is 18.5 Å². The molecular weight excluding hydrogens is 294 g/mol. The first-order valence-electron chi connectivity index (χ1n) is 5.65. The molecular formula is C13H14BrN3O. The second-order valence-electron chi connectivity index (χ2n) is 3.88. The van der Waals surface area contributed by atoms with Crippen molar-refractivity contribution in [2.24, 2.45) is 0 Å². The van der Waals surface area contributed by atoms with Crippen LogP contribution in [0.4, 0.5) is 5.82 Å². The van der Waals surface area contributed by atoms with Crippen LogP contribution in [0.25, 0.3) is 11.4 Å². The number of rotatable bonds is 4. The zero-order chi connectivity index (χ0) is 13.0. The van der Waals surface area contributed by atoms with E-state index in [-0.39, 0.29) is 6.61 Å². The Morgan fingerprint density at radius 2 is 1.94 bits per heavy atom. The normalized spacial score (nSPS) is 10.4. The number of hydrogen-bond donors (Lipinski definition) is 2. The molecule has 1 heterocycles. The van der Waals surface area contributed by atoms with Crippen LogP contribution in [0.2, 0.25) is 0 Å². The smallest absolute Gasteiger partial charge is 0.161 e. The highest BCUT2D eigenvalue weighted by atomic mass is 79.9. The topological polar surface area (TPSA) is 58.0 Å². The van der Waals surface area contributed by atoms with Crippen LogP contribution in [-0.4, -0.2) is 28.2 Å². The number of aliphatic hydroxyl groups excluding tert-OH is 1. The summed E-state index contributed by atoms with van der Waals surface area (Å²) in [5.74, 6) is 1.41. The first kappa shape index (κ1) is 13.0. The molecule has 0 aliphatic rings. The van der Waals surface area contributed by atoms with Gasteiger partial charge in [-0.3, -0.25) is 0 Å². The minimum absolute atomic E-state index is 0.0800. The zero-order valence-electron chi connectivity index (χ0n) is 10.0. The van der Waals surface area contributed by atoms with Gasteiger partial charge in [-0.2, -0.15) is 0 Å². The summed E-state index contributed by atoms with van der Waals surface area (Å²) in [4.78, 5) is 8.84. The third kappa shape index (κ3) is 3.27. The number of benzene rings is 1. The molecule has 0 fully saturated rings. The Kier molecular flexibility index (Phi) is 4.28. The van der Waals surface area contributed by atoms with Crippen molar-refractivity contribution in [1.82, 2.24) is 9.97 Å². The van der Waals surface area contributed by atoms with Crippen LogP contribution in [0.3, 0.4) is 0 Å². The van der Waals surface area contributed by atoms with E-state index in [9.17, 15) is 0 Å². The van der Waals surface area contributed by atoms with Crippen molar-refractivity contribution in [3.63, 3.8) is 0 Å². The fourth-order valence-electron chi connectivity index (χ4n) is 1.57. The maximum Gasteiger partial charge on any atom is 0.161 e. The molecule has 0 saturated heterocycles. The fraction of sp³-hybridized carbons (Fsp3) is 0.231. The lowest BCUT2D eigenvalue weighted by molar-refractivity contribution is 0.311. The van der Waals surface area contributed by atoms with Gasteiger partial charge in [0.25, 0.3) is 0 Å².